The van der Waals surface area contributed by atoms with Crippen LogP contribution in [0, 0.1) is 26.6 Å². The number of amides is 1. The number of aromatic nitrogens is 2. The van der Waals surface area contributed by atoms with Crippen molar-refractivity contribution in [1.29, 1.82) is 0 Å². The molecule has 1 heterocycles. The van der Waals surface area contributed by atoms with Gasteiger partial charge in [0.2, 0.25) is 5.88 Å². The van der Waals surface area contributed by atoms with E-state index in [9.17, 15) is 9.18 Å². The van der Waals surface area contributed by atoms with E-state index in [1.807, 2.05) is 32.9 Å². The van der Waals surface area contributed by atoms with Gasteiger partial charge in [-0.3, -0.25) is 4.79 Å². The standard InChI is InChI=1S/C21H22FN3O2/c1-5-8-27-21-19(20(26)23-15-7-6-12(2)16(22)11-15)24-17-9-13(3)14(4)10-18(17)25-21/h6-7,9-11H,5,8H2,1-4H3,(H,23,26). The Kier molecular flexibility index (Phi) is 5.35. The van der Waals surface area contributed by atoms with Crippen molar-refractivity contribution in [2.24, 2.45) is 0 Å². The fourth-order valence-corrected chi connectivity index (χ4v) is 2.60. The zero-order valence-electron chi connectivity index (χ0n) is 15.9. The second kappa shape index (κ2) is 7.70. The summed E-state index contributed by atoms with van der Waals surface area (Å²) >= 11 is 0. The topological polar surface area (TPSA) is 64.1 Å². The van der Waals surface area contributed by atoms with E-state index >= 15 is 0 Å². The summed E-state index contributed by atoms with van der Waals surface area (Å²) in [4.78, 5) is 21.7. The zero-order chi connectivity index (χ0) is 19.6. The van der Waals surface area contributed by atoms with Crippen molar-refractivity contribution in [1.82, 2.24) is 9.97 Å². The molecular formula is C21H22FN3O2. The number of benzene rings is 2. The molecular weight excluding hydrogens is 345 g/mol. The Bertz CT molecular complexity index is 1020. The summed E-state index contributed by atoms with van der Waals surface area (Å²) in [5, 5.41) is 2.67. The molecule has 0 bridgehead atoms. The average Bonchev–Trinajstić information content (AvgIpc) is 2.63. The van der Waals surface area contributed by atoms with E-state index in [-0.39, 0.29) is 17.4 Å². The van der Waals surface area contributed by atoms with Gasteiger partial charge < -0.3 is 10.1 Å². The van der Waals surface area contributed by atoms with Gasteiger partial charge in [-0.05, 0) is 68.1 Å². The minimum Gasteiger partial charge on any atom is -0.476 e. The van der Waals surface area contributed by atoms with Crippen molar-refractivity contribution in [2.45, 2.75) is 34.1 Å². The molecule has 0 aliphatic carbocycles. The van der Waals surface area contributed by atoms with Crippen LogP contribution >= 0.6 is 0 Å². The summed E-state index contributed by atoms with van der Waals surface area (Å²) in [5.41, 5.74) is 4.38. The molecule has 0 atom stereocenters. The van der Waals surface area contributed by atoms with Crippen LogP contribution in [0.25, 0.3) is 11.0 Å². The third kappa shape index (κ3) is 4.05. The van der Waals surface area contributed by atoms with Crippen LogP contribution < -0.4 is 10.1 Å². The number of aryl methyl sites for hydroxylation is 3. The van der Waals surface area contributed by atoms with Crippen molar-refractivity contribution in [2.75, 3.05) is 11.9 Å². The molecule has 1 amide bonds. The molecule has 0 fully saturated rings. The van der Waals surface area contributed by atoms with Crippen LogP contribution in [-0.4, -0.2) is 22.5 Å². The third-order valence-electron chi connectivity index (χ3n) is 4.34. The van der Waals surface area contributed by atoms with Gasteiger partial charge in [-0.15, -0.1) is 0 Å². The highest BCUT2D eigenvalue weighted by molar-refractivity contribution is 6.05. The highest BCUT2D eigenvalue weighted by Gasteiger charge is 2.19. The predicted molar refractivity (Wildman–Crippen MR) is 104 cm³/mol. The Balaban J connectivity index is 2.02. The number of carbonyl (C=O) groups is 1. The van der Waals surface area contributed by atoms with E-state index < -0.39 is 5.91 Å². The lowest BCUT2D eigenvalue weighted by Gasteiger charge is -2.12. The Morgan fingerprint density at radius 2 is 1.70 bits per heavy atom. The molecule has 140 valence electrons. The minimum absolute atomic E-state index is 0.0835. The Labute approximate surface area is 157 Å². The maximum Gasteiger partial charge on any atom is 0.279 e. The maximum atomic E-state index is 13.8. The molecule has 3 rings (SSSR count). The van der Waals surface area contributed by atoms with Crippen molar-refractivity contribution >= 4 is 22.6 Å². The summed E-state index contributed by atoms with van der Waals surface area (Å²) < 4.78 is 19.4. The van der Waals surface area contributed by atoms with Gasteiger partial charge in [0.1, 0.15) is 5.82 Å². The van der Waals surface area contributed by atoms with Crippen LogP contribution in [0.1, 0.15) is 40.5 Å². The van der Waals surface area contributed by atoms with E-state index in [4.69, 9.17) is 4.74 Å². The molecule has 1 N–H and O–H groups in total. The van der Waals surface area contributed by atoms with E-state index in [1.165, 1.54) is 6.07 Å². The van der Waals surface area contributed by atoms with Crippen molar-refractivity contribution < 1.29 is 13.9 Å². The predicted octanol–water partition coefficient (Wildman–Crippen LogP) is 4.74. The van der Waals surface area contributed by atoms with Gasteiger partial charge in [0.15, 0.2) is 5.69 Å². The first kappa shape index (κ1) is 18.8. The zero-order valence-corrected chi connectivity index (χ0v) is 15.9. The SMILES string of the molecule is CCCOc1nc2cc(C)c(C)cc2nc1C(=O)Nc1ccc(C)c(F)c1. The lowest BCUT2D eigenvalue weighted by Crippen LogP contribution is -2.17. The monoisotopic (exact) mass is 367 g/mol. The number of ether oxygens (including phenoxy) is 1. The van der Waals surface area contributed by atoms with Gasteiger partial charge in [0, 0.05) is 5.69 Å². The highest BCUT2D eigenvalue weighted by Crippen LogP contribution is 2.23. The van der Waals surface area contributed by atoms with Crippen molar-refractivity contribution in [3.63, 3.8) is 0 Å². The summed E-state index contributed by atoms with van der Waals surface area (Å²) in [7, 11) is 0. The molecule has 3 aromatic rings. The fourth-order valence-electron chi connectivity index (χ4n) is 2.60. The summed E-state index contributed by atoms with van der Waals surface area (Å²) in [6.45, 7) is 8.03. The Hall–Kier alpha value is -3.02. The van der Waals surface area contributed by atoms with Gasteiger partial charge in [-0.1, -0.05) is 13.0 Å². The Morgan fingerprint density at radius 3 is 2.33 bits per heavy atom. The largest absolute Gasteiger partial charge is 0.476 e. The summed E-state index contributed by atoms with van der Waals surface area (Å²) in [6.07, 6.45) is 0.775. The van der Waals surface area contributed by atoms with Crippen LogP contribution in [-0.2, 0) is 0 Å². The molecule has 2 aromatic carbocycles. The van der Waals surface area contributed by atoms with Crippen LogP contribution in [0.3, 0.4) is 0 Å². The maximum absolute atomic E-state index is 13.8. The number of nitrogens with zero attached hydrogens (tertiary/aromatic N) is 2. The number of fused-ring (bicyclic) bond motifs is 1. The van der Waals surface area contributed by atoms with Crippen LogP contribution in [0.5, 0.6) is 5.88 Å². The van der Waals surface area contributed by atoms with Crippen LogP contribution in [0.15, 0.2) is 30.3 Å². The molecule has 5 nitrogen and oxygen atoms in total. The third-order valence-corrected chi connectivity index (χ3v) is 4.34. The highest BCUT2D eigenvalue weighted by atomic mass is 19.1. The first-order valence-electron chi connectivity index (χ1n) is 8.88. The van der Waals surface area contributed by atoms with E-state index in [2.05, 4.69) is 15.3 Å². The van der Waals surface area contributed by atoms with Crippen molar-refractivity contribution in [3.05, 3.63) is 58.5 Å². The second-order valence-corrected chi connectivity index (χ2v) is 6.57. The number of hydrogen-bond acceptors (Lipinski definition) is 4. The van der Waals surface area contributed by atoms with Gasteiger partial charge >= 0.3 is 0 Å². The molecule has 0 spiro atoms. The fraction of sp³-hybridized carbons (Fsp3) is 0.286. The molecule has 27 heavy (non-hydrogen) atoms. The number of rotatable bonds is 5. The first-order chi connectivity index (χ1) is 12.9. The smallest absolute Gasteiger partial charge is 0.279 e. The van der Waals surface area contributed by atoms with Gasteiger partial charge in [-0.25, -0.2) is 14.4 Å². The molecule has 0 aliphatic rings. The number of nitrogens with one attached hydrogen (secondary N) is 1. The second-order valence-electron chi connectivity index (χ2n) is 6.57. The van der Waals surface area contributed by atoms with Crippen molar-refractivity contribution in [3.8, 4) is 5.88 Å². The first-order valence-corrected chi connectivity index (χ1v) is 8.88. The minimum atomic E-state index is -0.489. The van der Waals surface area contributed by atoms with E-state index in [0.717, 1.165) is 17.5 Å². The number of carbonyl (C=O) groups excluding carboxylic acids is 1. The molecule has 1 aromatic heterocycles. The molecule has 0 unspecified atom stereocenters. The average molecular weight is 367 g/mol. The number of anilines is 1. The number of halogens is 1. The summed E-state index contributed by atoms with van der Waals surface area (Å²) in [5.74, 6) is -0.694. The molecule has 0 radical (unpaired) electrons. The van der Waals surface area contributed by atoms with E-state index in [1.54, 1.807) is 19.1 Å². The van der Waals surface area contributed by atoms with Gasteiger partial charge in [0.25, 0.3) is 5.91 Å². The lowest BCUT2D eigenvalue weighted by atomic mass is 10.1. The molecule has 0 saturated carbocycles. The van der Waals surface area contributed by atoms with Crippen LogP contribution in [0.2, 0.25) is 0 Å². The van der Waals surface area contributed by atoms with Crippen LogP contribution in [0.4, 0.5) is 10.1 Å². The number of hydrogen-bond donors (Lipinski definition) is 1. The summed E-state index contributed by atoms with van der Waals surface area (Å²) in [6, 6.07) is 8.35. The van der Waals surface area contributed by atoms with Gasteiger partial charge in [0.05, 0.1) is 17.6 Å². The Morgan fingerprint density at radius 1 is 1.04 bits per heavy atom. The quantitative estimate of drug-likeness (QED) is 0.708. The molecule has 0 aliphatic heterocycles. The van der Waals surface area contributed by atoms with Gasteiger partial charge in [-0.2, -0.15) is 0 Å². The molecule has 6 heteroatoms. The lowest BCUT2D eigenvalue weighted by molar-refractivity contribution is 0.101. The normalized spacial score (nSPS) is 10.9. The molecule has 0 saturated heterocycles. The van der Waals surface area contributed by atoms with E-state index in [0.29, 0.717) is 28.9 Å².